The number of aromatic amines is 1. The molecule has 1 atom stereocenters. The van der Waals surface area contributed by atoms with Crippen LogP contribution in [0.5, 0.6) is 0 Å². The molecule has 1 aromatic carbocycles. The van der Waals surface area contributed by atoms with Crippen molar-refractivity contribution in [2.24, 2.45) is 0 Å². The van der Waals surface area contributed by atoms with Crippen molar-refractivity contribution in [3.8, 4) is 0 Å². The van der Waals surface area contributed by atoms with Gasteiger partial charge in [0, 0.05) is 11.3 Å². The Morgan fingerprint density at radius 3 is 3.00 bits per heavy atom. The molecule has 0 radical (unpaired) electrons. The maximum atomic E-state index is 11.2. The second-order valence-electron chi connectivity index (χ2n) is 3.55. The van der Waals surface area contributed by atoms with Crippen LogP contribution in [0.1, 0.15) is 25.3 Å². The summed E-state index contributed by atoms with van der Waals surface area (Å²) >= 11 is 0. The minimum absolute atomic E-state index is 0.0392. The number of carbonyl (C=O) groups excluding carboxylic acids is 1. The summed E-state index contributed by atoms with van der Waals surface area (Å²) in [6.45, 7) is 3.53. The fourth-order valence-corrected chi connectivity index (χ4v) is 1.46. The molecule has 0 aliphatic rings. The van der Waals surface area contributed by atoms with Crippen LogP contribution in [0.3, 0.4) is 0 Å². The summed E-state index contributed by atoms with van der Waals surface area (Å²) in [4.78, 5) is 11.2. The average Bonchev–Trinajstić information content (AvgIpc) is 2.62. The lowest BCUT2D eigenvalue weighted by molar-refractivity contribution is -0.118. The molecule has 14 heavy (non-hydrogen) atoms. The van der Waals surface area contributed by atoms with Crippen LogP contribution in [0.2, 0.25) is 0 Å². The second-order valence-corrected chi connectivity index (χ2v) is 3.55. The molecule has 2 rings (SSSR count). The van der Waals surface area contributed by atoms with Crippen molar-refractivity contribution in [2.75, 3.05) is 0 Å². The number of ketones is 1. The molecule has 0 spiro atoms. The number of benzene rings is 1. The summed E-state index contributed by atoms with van der Waals surface area (Å²) in [6.07, 6.45) is 1.78. The molecule has 2 aromatic rings. The third kappa shape index (κ3) is 1.41. The van der Waals surface area contributed by atoms with E-state index in [1.54, 1.807) is 13.1 Å². The van der Waals surface area contributed by atoms with E-state index in [-0.39, 0.29) is 11.7 Å². The van der Waals surface area contributed by atoms with E-state index in [9.17, 15) is 4.79 Å². The fourth-order valence-electron chi connectivity index (χ4n) is 1.46. The first-order chi connectivity index (χ1) is 6.68. The van der Waals surface area contributed by atoms with Gasteiger partial charge < -0.3 is 0 Å². The predicted molar refractivity (Wildman–Crippen MR) is 55.2 cm³/mol. The van der Waals surface area contributed by atoms with E-state index in [2.05, 4.69) is 10.2 Å². The maximum absolute atomic E-state index is 11.2. The number of aromatic nitrogens is 2. The first kappa shape index (κ1) is 8.94. The highest BCUT2D eigenvalue weighted by atomic mass is 16.1. The first-order valence-corrected chi connectivity index (χ1v) is 4.62. The van der Waals surface area contributed by atoms with Crippen LogP contribution >= 0.6 is 0 Å². The molecular weight excluding hydrogens is 176 g/mol. The van der Waals surface area contributed by atoms with Gasteiger partial charge in [-0.1, -0.05) is 19.1 Å². The molecule has 1 N–H and O–H groups in total. The molecule has 0 saturated carbocycles. The number of hydrogen-bond acceptors (Lipinski definition) is 2. The minimum atomic E-state index is -0.0392. The molecule has 0 aliphatic carbocycles. The van der Waals surface area contributed by atoms with Crippen molar-refractivity contribution >= 4 is 16.7 Å². The smallest absolute Gasteiger partial charge is 0.136 e. The number of Topliss-reactive ketones (excluding diaryl/α,β-unsaturated/α-hetero) is 1. The Balaban J connectivity index is 2.48. The van der Waals surface area contributed by atoms with E-state index in [4.69, 9.17) is 0 Å². The number of nitrogens with one attached hydrogen (secondary N) is 1. The Kier molecular flexibility index (Phi) is 2.08. The van der Waals surface area contributed by atoms with Crippen molar-refractivity contribution in [3.05, 3.63) is 30.0 Å². The van der Waals surface area contributed by atoms with Gasteiger partial charge in [-0.3, -0.25) is 9.89 Å². The van der Waals surface area contributed by atoms with E-state index < -0.39 is 0 Å². The number of nitrogens with zero attached hydrogens (tertiary/aromatic N) is 1. The Morgan fingerprint density at radius 2 is 2.29 bits per heavy atom. The van der Waals surface area contributed by atoms with Crippen molar-refractivity contribution in [1.29, 1.82) is 0 Å². The van der Waals surface area contributed by atoms with E-state index in [1.807, 2.05) is 25.1 Å². The summed E-state index contributed by atoms with van der Waals surface area (Å²) in [6, 6.07) is 5.94. The summed E-state index contributed by atoms with van der Waals surface area (Å²) in [5.41, 5.74) is 2.02. The Hall–Kier alpha value is -1.64. The minimum Gasteiger partial charge on any atom is -0.299 e. The van der Waals surface area contributed by atoms with Gasteiger partial charge in [-0.25, -0.2) is 0 Å². The Bertz CT molecular complexity index is 473. The first-order valence-electron chi connectivity index (χ1n) is 4.62. The number of fused-ring (bicyclic) bond motifs is 1. The zero-order valence-electron chi connectivity index (χ0n) is 8.24. The molecule has 0 amide bonds. The van der Waals surface area contributed by atoms with Crippen molar-refractivity contribution in [2.45, 2.75) is 19.8 Å². The third-order valence-corrected chi connectivity index (χ3v) is 2.58. The normalized spacial score (nSPS) is 13.0. The lowest BCUT2D eigenvalue weighted by Crippen LogP contribution is -2.03. The van der Waals surface area contributed by atoms with Gasteiger partial charge in [0.15, 0.2) is 0 Å². The quantitative estimate of drug-likeness (QED) is 0.785. The standard InChI is InChI=1S/C11H12N2O/c1-7(8(2)14)9-3-4-10-6-12-13-11(10)5-9/h3-7H,1-2H3,(H,12,13). The molecule has 3 heteroatoms. The monoisotopic (exact) mass is 188 g/mol. The largest absolute Gasteiger partial charge is 0.299 e. The molecule has 0 saturated heterocycles. The lowest BCUT2D eigenvalue weighted by Gasteiger charge is -2.07. The maximum Gasteiger partial charge on any atom is 0.136 e. The van der Waals surface area contributed by atoms with Gasteiger partial charge in [0.05, 0.1) is 11.7 Å². The highest BCUT2D eigenvalue weighted by Crippen LogP contribution is 2.20. The summed E-state index contributed by atoms with van der Waals surface area (Å²) < 4.78 is 0. The average molecular weight is 188 g/mol. The fraction of sp³-hybridized carbons (Fsp3) is 0.273. The van der Waals surface area contributed by atoms with Crippen molar-refractivity contribution in [3.63, 3.8) is 0 Å². The van der Waals surface area contributed by atoms with E-state index in [0.717, 1.165) is 16.5 Å². The molecule has 1 aromatic heterocycles. The SMILES string of the molecule is CC(=O)C(C)c1ccc2cn[nH]c2c1. The van der Waals surface area contributed by atoms with Crippen LogP contribution < -0.4 is 0 Å². The molecule has 0 bridgehead atoms. The molecule has 1 unspecified atom stereocenters. The second kappa shape index (κ2) is 3.25. The van der Waals surface area contributed by atoms with Gasteiger partial charge in [0.25, 0.3) is 0 Å². The number of H-pyrrole nitrogens is 1. The third-order valence-electron chi connectivity index (χ3n) is 2.58. The zero-order valence-corrected chi connectivity index (χ0v) is 8.24. The number of hydrogen-bond donors (Lipinski definition) is 1. The highest BCUT2D eigenvalue weighted by Gasteiger charge is 2.10. The highest BCUT2D eigenvalue weighted by molar-refractivity contribution is 5.85. The van der Waals surface area contributed by atoms with Crippen LogP contribution in [0.25, 0.3) is 10.9 Å². The van der Waals surface area contributed by atoms with Crippen LogP contribution in [-0.4, -0.2) is 16.0 Å². The van der Waals surface area contributed by atoms with Crippen LogP contribution in [0.4, 0.5) is 0 Å². The number of carbonyl (C=O) groups is 1. The van der Waals surface area contributed by atoms with Gasteiger partial charge in [0.2, 0.25) is 0 Å². The molecule has 0 aliphatic heterocycles. The van der Waals surface area contributed by atoms with Gasteiger partial charge in [-0.2, -0.15) is 5.10 Å². The van der Waals surface area contributed by atoms with E-state index in [0.29, 0.717) is 0 Å². The van der Waals surface area contributed by atoms with Crippen LogP contribution in [0, 0.1) is 0 Å². The Morgan fingerprint density at radius 1 is 1.50 bits per heavy atom. The van der Waals surface area contributed by atoms with Crippen molar-refractivity contribution in [1.82, 2.24) is 10.2 Å². The van der Waals surface area contributed by atoms with E-state index in [1.165, 1.54) is 0 Å². The van der Waals surface area contributed by atoms with Crippen molar-refractivity contribution < 1.29 is 4.79 Å². The Labute approximate surface area is 82.1 Å². The van der Waals surface area contributed by atoms with Gasteiger partial charge in [-0.15, -0.1) is 0 Å². The summed E-state index contributed by atoms with van der Waals surface area (Å²) in [5.74, 6) is 0.145. The van der Waals surface area contributed by atoms with Gasteiger partial charge >= 0.3 is 0 Å². The van der Waals surface area contributed by atoms with Crippen LogP contribution in [-0.2, 0) is 4.79 Å². The summed E-state index contributed by atoms with van der Waals surface area (Å²) in [5, 5.41) is 7.90. The molecule has 1 heterocycles. The molecule has 72 valence electrons. The van der Waals surface area contributed by atoms with Gasteiger partial charge in [0.1, 0.15) is 5.78 Å². The summed E-state index contributed by atoms with van der Waals surface area (Å²) in [7, 11) is 0. The van der Waals surface area contributed by atoms with E-state index >= 15 is 0 Å². The molecule has 3 nitrogen and oxygen atoms in total. The zero-order chi connectivity index (χ0) is 10.1. The molecule has 0 fully saturated rings. The number of rotatable bonds is 2. The lowest BCUT2D eigenvalue weighted by atomic mass is 9.97. The van der Waals surface area contributed by atoms with Crippen LogP contribution in [0.15, 0.2) is 24.4 Å². The van der Waals surface area contributed by atoms with Gasteiger partial charge in [-0.05, 0) is 18.6 Å². The predicted octanol–water partition coefficient (Wildman–Crippen LogP) is 2.26. The molecular formula is C11H12N2O. The topological polar surface area (TPSA) is 45.8 Å².